The molecule has 1 atom stereocenters. The number of hydrogen-bond acceptors (Lipinski definition) is 3. The SMILES string of the molecule is Cc1cc(C)c2c(c1)OCCC21N=[N+](c2ccc(Cl)cc2)C(=O)N1.F[B-](F)(F)F. The van der Waals surface area contributed by atoms with Crippen molar-refractivity contribution in [2.24, 2.45) is 5.11 Å². The molecule has 2 heterocycles. The van der Waals surface area contributed by atoms with E-state index in [1.54, 1.807) is 24.3 Å². The molecule has 154 valence electrons. The summed E-state index contributed by atoms with van der Waals surface area (Å²) >= 11 is 5.93. The van der Waals surface area contributed by atoms with Crippen molar-refractivity contribution in [2.45, 2.75) is 25.9 Å². The lowest BCUT2D eigenvalue weighted by molar-refractivity contribution is -0.404. The standard InChI is InChI=1S/C18H16ClN3O2.BF4/c1-11-9-12(2)16-15(10-11)24-8-7-18(16)20-17(23)22(21-18)14-5-3-13(19)4-6-14;2-1(3,4)5/h3-6,9-10H,7-8H2,1-2H3;/q;-1/p+1. The third kappa shape index (κ3) is 4.69. The molecular formula is C18H17BClF4N3O2. The first kappa shape index (κ1) is 21.1. The minimum Gasteiger partial charge on any atom is -0.493 e. The van der Waals surface area contributed by atoms with Crippen LogP contribution in [0.15, 0.2) is 41.5 Å². The molecule has 2 amide bonds. The first-order valence-electron chi connectivity index (χ1n) is 8.71. The maximum absolute atomic E-state index is 12.6. The molecule has 0 saturated heterocycles. The number of azo groups is 2. The molecule has 0 radical (unpaired) electrons. The second kappa shape index (κ2) is 7.66. The first-order chi connectivity index (χ1) is 13.5. The van der Waals surface area contributed by atoms with Crippen molar-refractivity contribution in [1.29, 1.82) is 0 Å². The monoisotopic (exact) mass is 429 g/mol. The van der Waals surface area contributed by atoms with Gasteiger partial charge in [-0.3, -0.25) is 0 Å². The van der Waals surface area contributed by atoms with Crippen LogP contribution in [0.5, 0.6) is 5.75 Å². The summed E-state index contributed by atoms with van der Waals surface area (Å²) in [5, 5.41) is 8.42. The van der Waals surface area contributed by atoms with Crippen LogP contribution >= 0.6 is 11.6 Å². The Morgan fingerprint density at radius 2 is 1.79 bits per heavy atom. The van der Waals surface area contributed by atoms with Crippen LogP contribution in [0.1, 0.15) is 23.1 Å². The van der Waals surface area contributed by atoms with E-state index in [1.807, 2.05) is 19.9 Å². The van der Waals surface area contributed by atoms with E-state index in [1.165, 1.54) is 4.70 Å². The molecule has 0 fully saturated rings. The Labute approximate surface area is 169 Å². The van der Waals surface area contributed by atoms with Gasteiger partial charge in [0.25, 0.3) is 5.66 Å². The van der Waals surface area contributed by atoms with Crippen LogP contribution < -0.4 is 10.1 Å². The number of urea groups is 1. The van der Waals surface area contributed by atoms with Gasteiger partial charge in [-0.15, -0.1) is 0 Å². The summed E-state index contributed by atoms with van der Waals surface area (Å²) in [5.74, 6) is 0.792. The van der Waals surface area contributed by atoms with Gasteiger partial charge in [0.15, 0.2) is 5.69 Å². The number of hydrogen-bond donors (Lipinski definition) is 1. The van der Waals surface area contributed by atoms with Gasteiger partial charge in [0.1, 0.15) is 5.75 Å². The fourth-order valence-electron chi connectivity index (χ4n) is 3.46. The highest BCUT2D eigenvalue weighted by Crippen LogP contribution is 2.43. The lowest BCUT2D eigenvalue weighted by Crippen LogP contribution is -2.43. The normalized spacial score (nSPS) is 20.2. The second-order valence-corrected chi connectivity index (χ2v) is 7.16. The number of nitrogens with zero attached hydrogens (tertiary/aromatic N) is 2. The molecule has 29 heavy (non-hydrogen) atoms. The lowest BCUT2D eigenvalue weighted by atomic mass is 9.89. The summed E-state index contributed by atoms with van der Waals surface area (Å²) in [6, 6.07) is 10.9. The lowest BCUT2D eigenvalue weighted by Gasteiger charge is -2.29. The maximum atomic E-state index is 12.6. The third-order valence-corrected chi connectivity index (χ3v) is 4.68. The van der Waals surface area contributed by atoms with Gasteiger partial charge >= 0.3 is 13.3 Å². The molecule has 1 unspecified atom stereocenters. The van der Waals surface area contributed by atoms with Gasteiger partial charge in [0, 0.05) is 5.02 Å². The predicted molar refractivity (Wildman–Crippen MR) is 100 cm³/mol. The molecule has 1 N–H and O–H groups in total. The maximum Gasteiger partial charge on any atom is 0.673 e. The molecule has 1 spiro atoms. The number of nitrogens with one attached hydrogen (secondary N) is 1. The summed E-state index contributed by atoms with van der Waals surface area (Å²) in [6.45, 7) is 4.56. The number of carbonyl (C=O) groups is 1. The van der Waals surface area contributed by atoms with Crippen LogP contribution in [0.2, 0.25) is 5.02 Å². The van der Waals surface area contributed by atoms with Crippen LogP contribution in [-0.2, 0) is 5.66 Å². The van der Waals surface area contributed by atoms with Crippen molar-refractivity contribution in [1.82, 2.24) is 5.32 Å². The van der Waals surface area contributed by atoms with Gasteiger partial charge in [-0.2, -0.15) is 4.79 Å². The number of fused-ring (bicyclic) bond motifs is 2. The van der Waals surface area contributed by atoms with Crippen LogP contribution in [0, 0.1) is 13.8 Å². The highest BCUT2D eigenvalue weighted by molar-refractivity contribution is 6.50. The van der Waals surface area contributed by atoms with E-state index in [2.05, 4.69) is 11.4 Å². The van der Waals surface area contributed by atoms with Crippen molar-refractivity contribution in [2.75, 3.05) is 6.61 Å². The molecule has 5 nitrogen and oxygen atoms in total. The fourth-order valence-corrected chi connectivity index (χ4v) is 3.59. The first-order valence-corrected chi connectivity index (χ1v) is 9.09. The highest BCUT2D eigenvalue weighted by Gasteiger charge is 2.53. The predicted octanol–water partition coefficient (Wildman–Crippen LogP) is 5.71. The number of benzene rings is 2. The Balaban J connectivity index is 0.000000431. The van der Waals surface area contributed by atoms with E-state index in [4.69, 9.17) is 21.5 Å². The third-order valence-electron chi connectivity index (χ3n) is 4.43. The molecule has 2 aromatic carbocycles. The van der Waals surface area contributed by atoms with Gasteiger partial charge in [0.2, 0.25) is 0 Å². The van der Waals surface area contributed by atoms with E-state index in [9.17, 15) is 22.1 Å². The van der Waals surface area contributed by atoms with E-state index in [0.29, 0.717) is 23.7 Å². The number of ether oxygens (including phenoxy) is 1. The average molecular weight is 430 g/mol. The fraction of sp³-hybridized carbons (Fsp3) is 0.278. The van der Waals surface area contributed by atoms with Crippen molar-refractivity contribution in [3.8, 4) is 5.75 Å². The number of carbonyl (C=O) groups excluding carboxylic acids is 1. The van der Waals surface area contributed by atoms with Crippen molar-refractivity contribution in [3.63, 3.8) is 0 Å². The van der Waals surface area contributed by atoms with Crippen LogP contribution in [0.3, 0.4) is 0 Å². The molecule has 4 rings (SSSR count). The average Bonchev–Trinajstić information content (AvgIpc) is 2.90. The summed E-state index contributed by atoms with van der Waals surface area (Å²) in [4.78, 5) is 12.6. The summed E-state index contributed by atoms with van der Waals surface area (Å²) in [7, 11) is -6.00. The topological polar surface area (TPSA) is 53.7 Å². The number of halogens is 5. The second-order valence-electron chi connectivity index (χ2n) is 6.73. The van der Waals surface area contributed by atoms with E-state index in [-0.39, 0.29) is 6.03 Å². The van der Waals surface area contributed by atoms with E-state index >= 15 is 0 Å². The Kier molecular flexibility index (Phi) is 5.58. The Morgan fingerprint density at radius 3 is 2.41 bits per heavy atom. The zero-order valence-electron chi connectivity index (χ0n) is 15.6. The molecular weight excluding hydrogens is 412 g/mol. The van der Waals surface area contributed by atoms with Crippen molar-refractivity contribution >= 4 is 30.6 Å². The molecule has 2 aliphatic heterocycles. The molecule has 0 saturated carbocycles. The van der Waals surface area contributed by atoms with Crippen LogP contribution in [0.25, 0.3) is 0 Å². The van der Waals surface area contributed by atoms with E-state index in [0.717, 1.165) is 22.4 Å². The van der Waals surface area contributed by atoms with Crippen molar-refractivity contribution < 1.29 is 31.5 Å². The minimum absolute atomic E-state index is 0.245. The highest BCUT2D eigenvalue weighted by atomic mass is 35.5. The molecule has 0 bridgehead atoms. The minimum atomic E-state index is -6.00. The van der Waals surface area contributed by atoms with Crippen LogP contribution in [0.4, 0.5) is 27.7 Å². The number of aryl methyl sites for hydroxylation is 2. The largest absolute Gasteiger partial charge is 0.673 e. The Hall–Kier alpha value is -2.62. The van der Waals surface area contributed by atoms with E-state index < -0.39 is 12.9 Å². The molecule has 0 aromatic heterocycles. The Bertz CT molecular complexity index is 976. The number of amides is 2. The Morgan fingerprint density at radius 1 is 1.17 bits per heavy atom. The summed E-state index contributed by atoms with van der Waals surface area (Å²) < 4.78 is 46.2. The van der Waals surface area contributed by atoms with Gasteiger partial charge < -0.3 is 22.0 Å². The number of rotatable bonds is 1. The summed E-state index contributed by atoms with van der Waals surface area (Å²) in [6.07, 6.45) is 0.597. The molecule has 0 aliphatic carbocycles. The summed E-state index contributed by atoms with van der Waals surface area (Å²) in [5.41, 5.74) is 3.03. The van der Waals surface area contributed by atoms with Gasteiger partial charge in [-0.1, -0.05) is 27.5 Å². The van der Waals surface area contributed by atoms with Crippen LogP contribution in [-0.4, -0.2) is 24.6 Å². The molecule has 2 aliphatic rings. The smallest absolute Gasteiger partial charge is 0.493 e. The zero-order chi connectivity index (χ0) is 21.4. The van der Waals surface area contributed by atoms with Crippen molar-refractivity contribution in [3.05, 3.63) is 58.1 Å². The van der Waals surface area contributed by atoms with Gasteiger partial charge in [-0.05, 0) is 55.3 Å². The zero-order valence-corrected chi connectivity index (χ0v) is 16.3. The quantitative estimate of drug-likeness (QED) is 0.358. The van der Waals surface area contributed by atoms with Gasteiger partial charge in [-0.25, -0.2) is 5.32 Å². The van der Waals surface area contributed by atoms with Gasteiger partial charge in [0.05, 0.1) is 18.6 Å². The molecule has 2 aromatic rings. The molecule has 11 heteroatoms.